The molecule has 0 amide bonds. The lowest BCUT2D eigenvalue weighted by Gasteiger charge is -2.13. The first-order chi connectivity index (χ1) is 11.7. The van der Waals surface area contributed by atoms with Gasteiger partial charge < -0.3 is 9.84 Å². The third-order valence-corrected chi connectivity index (χ3v) is 4.21. The third-order valence-electron chi connectivity index (χ3n) is 3.68. The first-order valence-corrected chi connectivity index (χ1v) is 8.22. The zero-order valence-electron chi connectivity index (χ0n) is 12.8. The lowest BCUT2D eigenvalue weighted by molar-refractivity contribution is 0.112. The monoisotopic (exact) mass is 382 g/mol. The fourth-order valence-electron chi connectivity index (χ4n) is 2.43. The molecule has 1 N–H and O–H groups in total. The standard InChI is InChI=1S/C20H15BrO3/c21-16-10-8-14(9-11-16)13-24-19-7-2-1-5-17(19)18-6-3-4-15(12-22)20(18)23/h1-12,23H,13H2. The van der Waals surface area contributed by atoms with E-state index in [1.807, 2.05) is 48.5 Å². The second-order valence-electron chi connectivity index (χ2n) is 5.27. The van der Waals surface area contributed by atoms with Gasteiger partial charge in [0, 0.05) is 15.6 Å². The topological polar surface area (TPSA) is 46.5 Å². The van der Waals surface area contributed by atoms with Crippen LogP contribution in [0.2, 0.25) is 0 Å². The molecule has 0 saturated carbocycles. The maximum Gasteiger partial charge on any atom is 0.153 e. The van der Waals surface area contributed by atoms with Crippen LogP contribution in [0.25, 0.3) is 11.1 Å². The number of halogens is 1. The summed E-state index contributed by atoms with van der Waals surface area (Å²) in [6.45, 7) is 0.415. The van der Waals surface area contributed by atoms with Gasteiger partial charge in [0.15, 0.2) is 6.29 Å². The number of carbonyl (C=O) groups is 1. The molecule has 4 heteroatoms. The summed E-state index contributed by atoms with van der Waals surface area (Å²) in [5.74, 6) is 0.617. The highest BCUT2D eigenvalue weighted by Gasteiger charge is 2.12. The summed E-state index contributed by atoms with van der Waals surface area (Å²) in [6.07, 6.45) is 0.643. The quantitative estimate of drug-likeness (QED) is 0.615. The van der Waals surface area contributed by atoms with Gasteiger partial charge in [-0.2, -0.15) is 0 Å². The zero-order chi connectivity index (χ0) is 16.9. The van der Waals surface area contributed by atoms with E-state index >= 15 is 0 Å². The number of hydrogen-bond acceptors (Lipinski definition) is 3. The van der Waals surface area contributed by atoms with Gasteiger partial charge in [-0.15, -0.1) is 0 Å². The number of aromatic hydroxyl groups is 1. The fraction of sp³-hybridized carbons (Fsp3) is 0.0500. The van der Waals surface area contributed by atoms with Crippen LogP contribution in [0.4, 0.5) is 0 Å². The van der Waals surface area contributed by atoms with Gasteiger partial charge in [-0.1, -0.05) is 58.4 Å². The molecular formula is C20H15BrO3. The van der Waals surface area contributed by atoms with Gasteiger partial charge in [0.05, 0.1) is 5.56 Å². The van der Waals surface area contributed by atoms with Crippen molar-refractivity contribution in [1.29, 1.82) is 0 Å². The van der Waals surface area contributed by atoms with E-state index in [9.17, 15) is 9.90 Å². The summed E-state index contributed by atoms with van der Waals surface area (Å²) in [7, 11) is 0. The normalized spacial score (nSPS) is 10.4. The van der Waals surface area contributed by atoms with E-state index in [2.05, 4.69) is 15.9 Å². The van der Waals surface area contributed by atoms with E-state index in [0.29, 0.717) is 24.2 Å². The Morgan fingerprint density at radius 3 is 2.38 bits per heavy atom. The molecule has 0 radical (unpaired) electrons. The summed E-state index contributed by atoms with van der Waals surface area (Å²) >= 11 is 3.41. The number of hydrogen-bond donors (Lipinski definition) is 1. The first kappa shape index (κ1) is 16.3. The molecule has 0 aromatic heterocycles. The summed E-state index contributed by atoms with van der Waals surface area (Å²) in [4.78, 5) is 11.0. The van der Waals surface area contributed by atoms with Crippen LogP contribution in [0.15, 0.2) is 71.2 Å². The molecule has 3 nitrogen and oxygen atoms in total. The van der Waals surface area contributed by atoms with E-state index < -0.39 is 0 Å². The Morgan fingerprint density at radius 1 is 0.917 bits per heavy atom. The van der Waals surface area contributed by atoms with Gasteiger partial charge in [-0.25, -0.2) is 0 Å². The van der Waals surface area contributed by atoms with E-state index in [0.717, 1.165) is 15.6 Å². The number of aldehydes is 1. The molecule has 0 unspecified atom stereocenters. The van der Waals surface area contributed by atoms with Crippen LogP contribution in [0, 0.1) is 0 Å². The molecule has 120 valence electrons. The van der Waals surface area contributed by atoms with Crippen molar-refractivity contribution < 1.29 is 14.6 Å². The van der Waals surface area contributed by atoms with Crippen LogP contribution in [0.5, 0.6) is 11.5 Å². The van der Waals surface area contributed by atoms with E-state index in [1.165, 1.54) is 0 Å². The minimum atomic E-state index is -0.0350. The van der Waals surface area contributed by atoms with Gasteiger partial charge >= 0.3 is 0 Å². The average molecular weight is 383 g/mol. The highest BCUT2D eigenvalue weighted by Crippen LogP contribution is 2.37. The van der Waals surface area contributed by atoms with Gasteiger partial charge in [0.25, 0.3) is 0 Å². The number of phenols is 1. The molecule has 0 heterocycles. The van der Waals surface area contributed by atoms with E-state index in [4.69, 9.17) is 4.74 Å². The Balaban J connectivity index is 1.91. The van der Waals surface area contributed by atoms with Crippen LogP contribution in [0.3, 0.4) is 0 Å². The molecule has 0 saturated heterocycles. The van der Waals surface area contributed by atoms with Crippen molar-refractivity contribution in [3.8, 4) is 22.6 Å². The molecule has 0 bridgehead atoms. The summed E-state index contributed by atoms with van der Waals surface area (Å²) < 4.78 is 6.95. The second kappa shape index (κ2) is 7.32. The van der Waals surface area contributed by atoms with Crippen molar-refractivity contribution in [3.05, 3.63) is 82.3 Å². The number of carbonyl (C=O) groups excluding carboxylic acids is 1. The Hall–Kier alpha value is -2.59. The summed E-state index contributed by atoms with van der Waals surface area (Å²) in [6, 6.07) is 20.4. The predicted molar refractivity (Wildman–Crippen MR) is 97.4 cm³/mol. The highest BCUT2D eigenvalue weighted by molar-refractivity contribution is 9.10. The number of benzene rings is 3. The Labute approximate surface area is 148 Å². The smallest absolute Gasteiger partial charge is 0.153 e. The van der Waals surface area contributed by atoms with Crippen LogP contribution in [-0.2, 0) is 6.61 Å². The largest absolute Gasteiger partial charge is 0.507 e. The summed E-state index contributed by atoms with van der Waals surface area (Å²) in [5, 5.41) is 10.3. The SMILES string of the molecule is O=Cc1cccc(-c2ccccc2OCc2ccc(Br)cc2)c1O. The molecule has 0 aliphatic heterocycles. The molecule has 0 spiro atoms. The Bertz CT molecular complexity index is 857. The highest BCUT2D eigenvalue weighted by atomic mass is 79.9. The van der Waals surface area contributed by atoms with Gasteiger partial charge in [-0.05, 0) is 29.8 Å². The molecule has 0 atom stereocenters. The van der Waals surface area contributed by atoms with Crippen LogP contribution < -0.4 is 4.74 Å². The Morgan fingerprint density at radius 2 is 1.62 bits per heavy atom. The maximum atomic E-state index is 11.0. The molecule has 0 aliphatic carbocycles. The van der Waals surface area contributed by atoms with Crippen molar-refractivity contribution in [2.24, 2.45) is 0 Å². The van der Waals surface area contributed by atoms with Crippen molar-refractivity contribution in [3.63, 3.8) is 0 Å². The van der Waals surface area contributed by atoms with Gasteiger partial charge in [-0.3, -0.25) is 4.79 Å². The summed E-state index contributed by atoms with van der Waals surface area (Å²) in [5.41, 5.74) is 2.62. The average Bonchev–Trinajstić information content (AvgIpc) is 2.62. The Kier molecular flexibility index (Phi) is 4.96. The van der Waals surface area contributed by atoms with Crippen molar-refractivity contribution >= 4 is 22.2 Å². The van der Waals surface area contributed by atoms with Crippen molar-refractivity contribution in [1.82, 2.24) is 0 Å². The van der Waals surface area contributed by atoms with Crippen molar-refractivity contribution in [2.45, 2.75) is 6.61 Å². The lowest BCUT2D eigenvalue weighted by atomic mass is 10.0. The third kappa shape index (κ3) is 3.49. The molecule has 3 rings (SSSR count). The lowest BCUT2D eigenvalue weighted by Crippen LogP contribution is -1.97. The fourth-order valence-corrected chi connectivity index (χ4v) is 2.69. The van der Waals surface area contributed by atoms with Gasteiger partial charge in [0.1, 0.15) is 18.1 Å². The molecular weight excluding hydrogens is 368 g/mol. The second-order valence-corrected chi connectivity index (χ2v) is 6.19. The van der Waals surface area contributed by atoms with Gasteiger partial charge in [0.2, 0.25) is 0 Å². The van der Waals surface area contributed by atoms with E-state index in [-0.39, 0.29) is 11.3 Å². The molecule has 0 fully saturated rings. The maximum absolute atomic E-state index is 11.0. The van der Waals surface area contributed by atoms with Crippen LogP contribution in [-0.4, -0.2) is 11.4 Å². The molecule has 0 aliphatic rings. The zero-order valence-corrected chi connectivity index (χ0v) is 14.4. The van der Waals surface area contributed by atoms with Crippen molar-refractivity contribution in [2.75, 3.05) is 0 Å². The minimum absolute atomic E-state index is 0.0350. The predicted octanol–water partition coefficient (Wildman–Crippen LogP) is 5.21. The van der Waals surface area contributed by atoms with E-state index in [1.54, 1.807) is 18.2 Å². The molecule has 24 heavy (non-hydrogen) atoms. The number of rotatable bonds is 5. The minimum Gasteiger partial charge on any atom is -0.507 e. The van der Waals surface area contributed by atoms with Crippen LogP contribution in [0.1, 0.15) is 15.9 Å². The number of ether oxygens (including phenoxy) is 1. The molecule has 3 aromatic carbocycles. The number of phenolic OH excluding ortho intramolecular Hbond substituents is 1. The first-order valence-electron chi connectivity index (χ1n) is 7.43. The van der Waals surface area contributed by atoms with Crippen LogP contribution >= 0.6 is 15.9 Å². The number of para-hydroxylation sites is 2. The molecule has 3 aromatic rings.